The van der Waals surface area contributed by atoms with Gasteiger partial charge in [-0.25, -0.2) is 4.79 Å². The van der Waals surface area contributed by atoms with Crippen molar-refractivity contribution in [3.05, 3.63) is 41.5 Å². The molecule has 0 saturated carbocycles. The average Bonchev–Trinajstić information content (AvgIpc) is 2.61. The second-order valence-corrected chi connectivity index (χ2v) is 4.01. The summed E-state index contributed by atoms with van der Waals surface area (Å²) in [6, 6.07) is 4.91. The second-order valence-electron chi connectivity index (χ2n) is 4.01. The van der Waals surface area contributed by atoms with Crippen molar-refractivity contribution < 1.29 is 19.5 Å². The van der Waals surface area contributed by atoms with Crippen LogP contribution in [0.25, 0.3) is 0 Å². The van der Waals surface area contributed by atoms with Gasteiger partial charge in [0.15, 0.2) is 5.78 Å². The van der Waals surface area contributed by atoms with Crippen molar-refractivity contribution >= 4 is 23.3 Å². The Balaban J connectivity index is 2.28. The molecule has 1 N–H and O–H groups in total. The fourth-order valence-electron chi connectivity index (χ4n) is 1.87. The predicted octanol–water partition coefficient (Wildman–Crippen LogP) is 1.03. The van der Waals surface area contributed by atoms with Gasteiger partial charge in [0.25, 0.3) is 0 Å². The maximum Gasteiger partial charge on any atom is 0.328 e. The molecule has 92 valence electrons. The number of rotatable bonds is 3. The molecule has 5 nitrogen and oxygen atoms in total. The molecule has 1 aliphatic rings. The molecule has 1 amide bonds. The Hall–Kier alpha value is -2.43. The minimum Gasteiger partial charge on any atom is -0.478 e. The van der Waals surface area contributed by atoms with Gasteiger partial charge in [0.1, 0.15) is 0 Å². The van der Waals surface area contributed by atoms with E-state index >= 15 is 0 Å². The molecule has 0 atom stereocenters. The van der Waals surface area contributed by atoms with E-state index in [-0.39, 0.29) is 18.1 Å². The third-order valence-corrected chi connectivity index (χ3v) is 2.82. The molecule has 1 aliphatic heterocycles. The number of carbonyl (C=O) groups excluding carboxylic acids is 2. The van der Waals surface area contributed by atoms with Gasteiger partial charge in [-0.3, -0.25) is 9.59 Å². The Morgan fingerprint density at radius 2 is 2.06 bits per heavy atom. The van der Waals surface area contributed by atoms with Crippen LogP contribution in [0.15, 0.2) is 30.4 Å². The van der Waals surface area contributed by atoms with E-state index in [1.807, 2.05) is 0 Å². The summed E-state index contributed by atoms with van der Waals surface area (Å²) in [6.45, 7) is 0. The summed E-state index contributed by atoms with van der Waals surface area (Å²) in [7, 11) is 1.68. The highest BCUT2D eigenvalue weighted by Gasteiger charge is 2.24. The van der Waals surface area contributed by atoms with E-state index in [2.05, 4.69) is 0 Å². The average molecular weight is 245 g/mol. The number of likely N-dealkylation sites (N-methyl/N-ethyl adjacent to an activating group) is 1. The normalized spacial score (nSPS) is 14.1. The molecule has 0 radical (unpaired) electrons. The molecule has 2 rings (SSSR count). The number of carboxylic acids is 1. The van der Waals surface area contributed by atoms with Crippen molar-refractivity contribution in [2.45, 2.75) is 6.42 Å². The Bertz CT molecular complexity index is 574. The number of nitrogens with zero attached hydrogens (tertiary/aromatic N) is 1. The molecule has 0 saturated heterocycles. The first kappa shape index (κ1) is 12.0. The van der Waals surface area contributed by atoms with Gasteiger partial charge in [0.2, 0.25) is 5.91 Å². The summed E-state index contributed by atoms with van der Waals surface area (Å²) >= 11 is 0. The number of allylic oxidation sites excluding steroid dienone is 1. The number of benzene rings is 1. The molecular weight excluding hydrogens is 234 g/mol. The Morgan fingerprint density at radius 3 is 2.72 bits per heavy atom. The first-order valence-electron chi connectivity index (χ1n) is 5.34. The Morgan fingerprint density at radius 1 is 1.33 bits per heavy atom. The lowest BCUT2D eigenvalue weighted by Gasteiger charge is -2.09. The number of hydrogen-bond donors (Lipinski definition) is 1. The van der Waals surface area contributed by atoms with Crippen molar-refractivity contribution in [2.24, 2.45) is 0 Å². The van der Waals surface area contributed by atoms with Crippen LogP contribution in [-0.2, 0) is 16.0 Å². The van der Waals surface area contributed by atoms with Gasteiger partial charge in [-0.15, -0.1) is 0 Å². The monoisotopic (exact) mass is 245 g/mol. The zero-order valence-corrected chi connectivity index (χ0v) is 9.71. The van der Waals surface area contributed by atoms with Crippen LogP contribution < -0.4 is 4.90 Å². The Kier molecular flexibility index (Phi) is 2.97. The molecule has 0 bridgehead atoms. The largest absolute Gasteiger partial charge is 0.478 e. The molecule has 18 heavy (non-hydrogen) atoms. The van der Waals surface area contributed by atoms with Crippen LogP contribution in [0.2, 0.25) is 0 Å². The molecule has 1 heterocycles. The molecule has 5 heteroatoms. The van der Waals surface area contributed by atoms with Gasteiger partial charge < -0.3 is 10.0 Å². The van der Waals surface area contributed by atoms with Gasteiger partial charge in [0, 0.05) is 24.4 Å². The summed E-state index contributed by atoms with van der Waals surface area (Å²) in [5.74, 6) is -1.57. The second kappa shape index (κ2) is 4.44. The molecule has 0 unspecified atom stereocenters. The summed E-state index contributed by atoms with van der Waals surface area (Å²) in [5.41, 5.74) is 1.96. The summed E-state index contributed by atoms with van der Waals surface area (Å²) < 4.78 is 0. The Labute approximate surface area is 103 Å². The molecule has 0 aromatic heterocycles. The van der Waals surface area contributed by atoms with E-state index in [1.54, 1.807) is 25.2 Å². The van der Waals surface area contributed by atoms with Crippen LogP contribution in [0, 0.1) is 0 Å². The maximum absolute atomic E-state index is 11.7. The SMILES string of the molecule is CN1C(=O)Cc2cc(C(=O)C=CC(=O)O)ccc21. The fraction of sp³-hybridized carbons (Fsp3) is 0.154. The fourth-order valence-corrected chi connectivity index (χ4v) is 1.87. The third kappa shape index (κ3) is 2.15. The zero-order chi connectivity index (χ0) is 13.3. The van der Waals surface area contributed by atoms with E-state index in [1.165, 1.54) is 4.90 Å². The number of anilines is 1. The first-order chi connectivity index (χ1) is 8.49. The van der Waals surface area contributed by atoms with Crippen LogP contribution in [0.1, 0.15) is 15.9 Å². The van der Waals surface area contributed by atoms with E-state index < -0.39 is 5.97 Å². The topological polar surface area (TPSA) is 74.7 Å². The van der Waals surface area contributed by atoms with E-state index in [4.69, 9.17) is 5.11 Å². The number of carboxylic acid groups (broad SMARTS) is 1. The lowest BCUT2D eigenvalue weighted by molar-refractivity contribution is -0.131. The number of carbonyl (C=O) groups is 3. The maximum atomic E-state index is 11.7. The number of amides is 1. The van der Waals surface area contributed by atoms with Gasteiger partial charge in [-0.05, 0) is 29.8 Å². The molecular formula is C13H11NO4. The summed E-state index contributed by atoms with van der Waals surface area (Å²) in [6.07, 6.45) is 2.08. The van der Waals surface area contributed by atoms with E-state index in [0.717, 1.165) is 23.4 Å². The zero-order valence-electron chi connectivity index (χ0n) is 9.71. The van der Waals surface area contributed by atoms with Gasteiger partial charge in [-0.2, -0.15) is 0 Å². The highest BCUT2D eigenvalue weighted by Crippen LogP contribution is 2.28. The molecule has 0 spiro atoms. The van der Waals surface area contributed by atoms with E-state index in [9.17, 15) is 14.4 Å². The molecule has 0 aliphatic carbocycles. The number of hydrogen-bond acceptors (Lipinski definition) is 3. The van der Waals surface area contributed by atoms with Gasteiger partial charge in [0.05, 0.1) is 6.42 Å². The minimum absolute atomic E-state index is 0.0179. The van der Waals surface area contributed by atoms with Crippen molar-refractivity contribution in [1.82, 2.24) is 0 Å². The predicted molar refractivity (Wildman–Crippen MR) is 64.7 cm³/mol. The van der Waals surface area contributed by atoms with Crippen LogP contribution in [0.4, 0.5) is 5.69 Å². The lowest BCUT2D eigenvalue weighted by atomic mass is 10.0. The molecule has 0 fully saturated rings. The standard InChI is InChI=1S/C13H11NO4/c1-14-10-3-2-8(6-9(10)7-12(14)16)11(15)4-5-13(17)18/h2-6H,7H2,1H3,(H,17,18). The number of aliphatic carboxylic acids is 1. The van der Waals surface area contributed by atoms with E-state index in [0.29, 0.717) is 5.56 Å². The van der Waals surface area contributed by atoms with Gasteiger partial charge >= 0.3 is 5.97 Å². The van der Waals surface area contributed by atoms with Gasteiger partial charge in [-0.1, -0.05) is 0 Å². The van der Waals surface area contributed by atoms with Crippen molar-refractivity contribution in [2.75, 3.05) is 11.9 Å². The highest BCUT2D eigenvalue weighted by atomic mass is 16.4. The van der Waals surface area contributed by atoms with Crippen LogP contribution >= 0.6 is 0 Å². The molecule has 1 aromatic rings. The summed E-state index contributed by atoms with van der Waals surface area (Å²) in [5, 5.41) is 8.44. The first-order valence-corrected chi connectivity index (χ1v) is 5.34. The smallest absolute Gasteiger partial charge is 0.328 e. The third-order valence-electron chi connectivity index (χ3n) is 2.82. The van der Waals surface area contributed by atoms with Crippen LogP contribution in [0.3, 0.4) is 0 Å². The summed E-state index contributed by atoms with van der Waals surface area (Å²) in [4.78, 5) is 35.0. The minimum atomic E-state index is -1.17. The van der Waals surface area contributed by atoms with Crippen LogP contribution in [-0.4, -0.2) is 29.8 Å². The van der Waals surface area contributed by atoms with Crippen molar-refractivity contribution in [1.29, 1.82) is 0 Å². The van der Waals surface area contributed by atoms with Crippen molar-refractivity contribution in [3.8, 4) is 0 Å². The van der Waals surface area contributed by atoms with Crippen LogP contribution in [0.5, 0.6) is 0 Å². The number of ketones is 1. The lowest BCUT2D eigenvalue weighted by Crippen LogP contribution is -2.20. The highest BCUT2D eigenvalue weighted by molar-refractivity contribution is 6.08. The molecule has 1 aromatic carbocycles. The number of fused-ring (bicyclic) bond motifs is 1. The van der Waals surface area contributed by atoms with Crippen molar-refractivity contribution in [3.63, 3.8) is 0 Å². The quantitative estimate of drug-likeness (QED) is 0.637.